The van der Waals surface area contributed by atoms with Crippen LogP contribution in [0.3, 0.4) is 0 Å². The predicted octanol–water partition coefficient (Wildman–Crippen LogP) is 2.86. The molecule has 2 aromatic carbocycles. The van der Waals surface area contributed by atoms with Crippen molar-refractivity contribution < 1.29 is 14.4 Å². The lowest BCUT2D eigenvalue weighted by Crippen LogP contribution is -2.15. The summed E-state index contributed by atoms with van der Waals surface area (Å²) in [5.74, 6) is -0.793. The van der Waals surface area contributed by atoms with E-state index in [9.17, 15) is 14.4 Å². The Morgan fingerprint density at radius 1 is 0.818 bits per heavy atom. The van der Waals surface area contributed by atoms with Crippen molar-refractivity contribution in [1.29, 1.82) is 0 Å². The molecule has 0 heterocycles. The quantitative estimate of drug-likeness (QED) is 0.833. The van der Waals surface area contributed by atoms with Crippen LogP contribution >= 0.6 is 0 Å². The smallest absolute Gasteiger partial charge is 0.255 e. The van der Waals surface area contributed by atoms with Gasteiger partial charge in [0.25, 0.3) is 5.91 Å². The van der Waals surface area contributed by atoms with Crippen LogP contribution in [0.2, 0.25) is 0 Å². The topological polar surface area (TPSA) is 75.3 Å². The molecule has 0 radical (unpaired) electrons. The van der Waals surface area contributed by atoms with Gasteiger partial charge < -0.3 is 10.6 Å². The second-order valence-corrected chi connectivity index (χ2v) is 4.82. The summed E-state index contributed by atoms with van der Waals surface area (Å²) in [5.41, 5.74) is 1.74. The molecule has 0 aromatic heterocycles. The summed E-state index contributed by atoms with van der Waals surface area (Å²) < 4.78 is 0. The summed E-state index contributed by atoms with van der Waals surface area (Å²) in [7, 11) is 0. The Morgan fingerprint density at radius 3 is 2.00 bits per heavy atom. The molecular weight excluding hydrogens is 280 g/mol. The Morgan fingerprint density at radius 2 is 1.41 bits per heavy atom. The molecule has 2 amide bonds. The highest BCUT2D eigenvalue weighted by Gasteiger charge is 2.08. The number of carbonyl (C=O) groups is 3. The summed E-state index contributed by atoms with van der Waals surface area (Å²) in [4.78, 5) is 34.4. The fourth-order valence-electron chi connectivity index (χ4n) is 1.86. The van der Waals surface area contributed by atoms with Gasteiger partial charge in [-0.1, -0.05) is 18.2 Å². The zero-order valence-corrected chi connectivity index (χ0v) is 12.1. The Labute approximate surface area is 128 Å². The average Bonchev–Trinajstić information content (AvgIpc) is 2.48. The molecule has 5 nitrogen and oxygen atoms in total. The van der Waals surface area contributed by atoms with Gasteiger partial charge in [-0.25, -0.2) is 0 Å². The molecule has 0 saturated carbocycles. The van der Waals surface area contributed by atoms with Crippen molar-refractivity contribution in [3.8, 4) is 0 Å². The van der Waals surface area contributed by atoms with Crippen LogP contribution in [0.15, 0.2) is 54.6 Å². The third-order valence-electron chi connectivity index (χ3n) is 2.87. The molecule has 2 aromatic rings. The first-order chi connectivity index (χ1) is 10.5. The van der Waals surface area contributed by atoms with Crippen LogP contribution in [0.1, 0.15) is 23.7 Å². The number of para-hydroxylation sites is 1. The molecule has 0 spiro atoms. The van der Waals surface area contributed by atoms with Gasteiger partial charge >= 0.3 is 0 Å². The highest BCUT2D eigenvalue weighted by atomic mass is 16.2. The molecule has 2 rings (SSSR count). The Hall–Kier alpha value is -2.95. The van der Waals surface area contributed by atoms with E-state index >= 15 is 0 Å². The monoisotopic (exact) mass is 296 g/mol. The average molecular weight is 296 g/mol. The number of hydrogen-bond donors (Lipinski definition) is 2. The molecule has 22 heavy (non-hydrogen) atoms. The van der Waals surface area contributed by atoms with E-state index in [-0.39, 0.29) is 24.0 Å². The van der Waals surface area contributed by atoms with E-state index in [1.165, 1.54) is 6.92 Å². The van der Waals surface area contributed by atoms with Crippen molar-refractivity contribution >= 4 is 29.0 Å². The predicted molar refractivity (Wildman–Crippen MR) is 84.8 cm³/mol. The van der Waals surface area contributed by atoms with Gasteiger partial charge in [0, 0.05) is 16.9 Å². The number of benzene rings is 2. The van der Waals surface area contributed by atoms with Crippen LogP contribution in [0.25, 0.3) is 0 Å². The van der Waals surface area contributed by atoms with E-state index in [4.69, 9.17) is 0 Å². The molecule has 0 aliphatic heterocycles. The van der Waals surface area contributed by atoms with Crippen LogP contribution in [0.4, 0.5) is 11.4 Å². The van der Waals surface area contributed by atoms with Crippen molar-refractivity contribution in [2.45, 2.75) is 13.3 Å². The fraction of sp³-hybridized carbons (Fsp3) is 0.118. The summed E-state index contributed by atoms with van der Waals surface area (Å²) in [6, 6.07) is 15.6. The van der Waals surface area contributed by atoms with Gasteiger partial charge in [0.05, 0.1) is 6.42 Å². The third kappa shape index (κ3) is 4.56. The van der Waals surface area contributed by atoms with E-state index in [0.29, 0.717) is 16.9 Å². The van der Waals surface area contributed by atoms with Gasteiger partial charge in [0.1, 0.15) is 5.78 Å². The number of nitrogens with one attached hydrogen (secondary N) is 2. The SMILES string of the molecule is CC(=O)CC(=O)Nc1ccc(C(=O)Nc2ccccc2)cc1. The first-order valence-corrected chi connectivity index (χ1v) is 6.80. The van der Waals surface area contributed by atoms with Gasteiger partial charge in [0.2, 0.25) is 5.91 Å². The minimum Gasteiger partial charge on any atom is -0.326 e. The molecule has 0 unspecified atom stereocenters. The van der Waals surface area contributed by atoms with E-state index < -0.39 is 0 Å². The van der Waals surface area contributed by atoms with Crippen molar-refractivity contribution in [1.82, 2.24) is 0 Å². The van der Waals surface area contributed by atoms with Gasteiger partial charge in [-0.3, -0.25) is 14.4 Å². The fourth-order valence-corrected chi connectivity index (χ4v) is 1.86. The number of ketones is 1. The summed E-state index contributed by atoms with van der Waals surface area (Å²) >= 11 is 0. The standard InChI is InChI=1S/C17H16N2O3/c1-12(20)11-16(21)18-15-9-7-13(8-10-15)17(22)19-14-5-3-2-4-6-14/h2-10H,11H2,1H3,(H,18,21)(H,19,22). The lowest BCUT2D eigenvalue weighted by atomic mass is 10.2. The number of hydrogen-bond acceptors (Lipinski definition) is 3. The van der Waals surface area contributed by atoms with Crippen LogP contribution in [0.5, 0.6) is 0 Å². The highest BCUT2D eigenvalue weighted by Crippen LogP contribution is 2.12. The first-order valence-electron chi connectivity index (χ1n) is 6.80. The minimum absolute atomic E-state index is 0.157. The molecule has 0 atom stereocenters. The lowest BCUT2D eigenvalue weighted by Gasteiger charge is -2.07. The van der Waals surface area contributed by atoms with Gasteiger partial charge in [-0.05, 0) is 43.3 Å². The zero-order valence-electron chi connectivity index (χ0n) is 12.1. The molecule has 0 fully saturated rings. The Kier molecular flexibility index (Phi) is 5.03. The van der Waals surface area contributed by atoms with Gasteiger partial charge in [0.15, 0.2) is 0 Å². The Balaban J connectivity index is 1.98. The number of Topliss-reactive ketones (excluding diaryl/α,β-unsaturated/α-hetero) is 1. The van der Waals surface area contributed by atoms with Crippen molar-refractivity contribution in [2.24, 2.45) is 0 Å². The maximum absolute atomic E-state index is 12.0. The first kappa shape index (κ1) is 15.4. The molecular formula is C17H16N2O3. The normalized spacial score (nSPS) is 9.86. The van der Waals surface area contributed by atoms with Crippen molar-refractivity contribution in [3.63, 3.8) is 0 Å². The van der Waals surface area contributed by atoms with E-state index in [1.807, 2.05) is 18.2 Å². The molecule has 5 heteroatoms. The molecule has 112 valence electrons. The minimum atomic E-state index is -0.367. The second kappa shape index (κ2) is 7.17. The summed E-state index contributed by atoms with van der Waals surface area (Å²) in [6.45, 7) is 1.36. The molecule has 2 N–H and O–H groups in total. The molecule has 0 saturated heterocycles. The Bertz CT molecular complexity index is 679. The number of anilines is 2. The molecule has 0 bridgehead atoms. The molecule has 0 aliphatic carbocycles. The summed E-state index contributed by atoms with van der Waals surface area (Å²) in [6.07, 6.45) is -0.157. The zero-order chi connectivity index (χ0) is 15.9. The highest BCUT2D eigenvalue weighted by molar-refractivity contribution is 6.05. The summed E-state index contributed by atoms with van der Waals surface area (Å²) in [5, 5.41) is 5.37. The second-order valence-electron chi connectivity index (χ2n) is 4.82. The van der Waals surface area contributed by atoms with Gasteiger partial charge in [-0.2, -0.15) is 0 Å². The maximum atomic E-state index is 12.0. The van der Waals surface area contributed by atoms with Crippen LogP contribution in [-0.4, -0.2) is 17.6 Å². The van der Waals surface area contributed by atoms with Gasteiger partial charge in [-0.15, -0.1) is 0 Å². The largest absolute Gasteiger partial charge is 0.326 e. The van der Waals surface area contributed by atoms with Crippen LogP contribution in [0, 0.1) is 0 Å². The molecule has 0 aliphatic rings. The number of carbonyl (C=O) groups excluding carboxylic acids is 3. The van der Waals surface area contributed by atoms with Crippen molar-refractivity contribution in [2.75, 3.05) is 10.6 Å². The maximum Gasteiger partial charge on any atom is 0.255 e. The number of amides is 2. The van der Waals surface area contributed by atoms with Crippen LogP contribution in [-0.2, 0) is 9.59 Å². The van der Waals surface area contributed by atoms with Crippen LogP contribution < -0.4 is 10.6 Å². The number of rotatable bonds is 5. The third-order valence-corrected chi connectivity index (χ3v) is 2.87. The van der Waals surface area contributed by atoms with E-state index in [1.54, 1.807) is 36.4 Å². The van der Waals surface area contributed by atoms with E-state index in [2.05, 4.69) is 10.6 Å². The van der Waals surface area contributed by atoms with Crippen molar-refractivity contribution in [3.05, 3.63) is 60.2 Å². The lowest BCUT2D eigenvalue weighted by molar-refractivity contribution is -0.124. The van der Waals surface area contributed by atoms with E-state index in [0.717, 1.165) is 0 Å².